The normalized spacial score (nSPS) is 15.0. The molecular weight excluding hydrogens is 458 g/mol. The zero-order valence-electron chi connectivity index (χ0n) is 18.4. The number of nitrogens with one attached hydrogen (secondary N) is 1. The summed E-state index contributed by atoms with van der Waals surface area (Å²) in [4.78, 5) is 28.4. The Morgan fingerprint density at radius 2 is 2.06 bits per heavy atom. The summed E-state index contributed by atoms with van der Waals surface area (Å²) < 4.78 is 18.8. The summed E-state index contributed by atoms with van der Waals surface area (Å²) in [5.74, 6) is 1.21. The molecule has 0 unspecified atom stereocenters. The van der Waals surface area contributed by atoms with E-state index in [1.54, 1.807) is 30.1 Å². The van der Waals surface area contributed by atoms with Crippen molar-refractivity contribution in [2.75, 3.05) is 26.1 Å². The summed E-state index contributed by atoms with van der Waals surface area (Å²) >= 11 is 1.46. The number of fused-ring (bicyclic) bond motifs is 2. The van der Waals surface area contributed by atoms with Crippen molar-refractivity contribution in [2.45, 2.75) is 12.3 Å². The Kier molecular flexibility index (Phi) is 5.54. The number of carbonyl (C=O) groups is 2. The summed E-state index contributed by atoms with van der Waals surface area (Å²) in [7, 11) is 3.13. The van der Waals surface area contributed by atoms with Crippen molar-refractivity contribution in [1.82, 2.24) is 14.8 Å². The summed E-state index contributed by atoms with van der Waals surface area (Å²) in [6.07, 6.45) is 2.00. The summed E-state index contributed by atoms with van der Waals surface area (Å²) in [6, 6.07) is 11.0. The van der Waals surface area contributed by atoms with Crippen molar-refractivity contribution in [1.29, 1.82) is 0 Å². The van der Waals surface area contributed by atoms with Gasteiger partial charge in [-0.25, -0.2) is 4.98 Å². The molecule has 0 radical (unpaired) electrons. The molecule has 2 aromatic carbocycles. The lowest BCUT2D eigenvalue weighted by molar-refractivity contribution is -0.120. The minimum absolute atomic E-state index is 0.130. The van der Waals surface area contributed by atoms with Gasteiger partial charge in [0.1, 0.15) is 11.6 Å². The van der Waals surface area contributed by atoms with Crippen molar-refractivity contribution in [3.05, 3.63) is 53.7 Å². The van der Waals surface area contributed by atoms with Gasteiger partial charge in [0, 0.05) is 17.9 Å². The van der Waals surface area contributed by atoms with Crippen molar-refractivity contribution in [3.8, 4) is 22.4 Å². The number of nitrogens with two attached hydrogens (primary N) is 1. The minimum atomic E-state index is -0.583. The first kappa shape index (κ1) is 21.7. The Bertz CT molecular complexity index is 1410. The van der Waals surface area contributed by atoms with Gasteiger partial charge in [0.15, 0.2) is 18.1 Å². The van der Waals surface area contributed by atoms with Gasteiger partial charge in [0.2, 0.25) is 11.0 Å². The minimum Gasteiger partial charge on any atom is -0.497 e. The standard InChI is InChI=1S/C23H21N5O5S/c1-31-13-4-5-16-19(8-13)34-23(26-16)28-22-15(10-25-28)14(9-21(30)27-22)12-3-6-17(18(7-12)32-2)33-11-20(24)29/h3-8,10,14H,9,11H2,1-2H3,(H2,24,29)(H,27,30)/t14-/m1/s1. The number of methoxy groups -OCH3 is 2. The molecule has 3 heterocycles. The van der Waals surface area contributed by atoms with E-state index >= 15 is 0 Å². The largest absolute Gasteiger partial charge is 0.497 e. The van der Waals surface area contributed by atoms with E-state index in [1.807, 2.05) is 24.3 Å². The Labute approximate surface area is 198 Å². The van der Waals surface area contributed by atoms with Gasteiger partial charge in [0.05, 0.1) is 30.6 Å². The molecule has 2 amide bonds. The number of benzene rings is 2. The number of aromatic nitrogens is 3. The highest BCUT2D eigenvalue weighted by Crippen LogP contribution is 2.41. The summed E-state index contributed by atoms with van der Waals surface area (Å²) in [5, 5.41) is 8.12. The molecule has 1 aliphatic heterocycles. The lowest BCUT2D eigenvalue weighted by Crippen LogP contribution is -2.24. The van der Waals surface area contributed by atoms with Crippen LogP contribution in [0.1, 0.15) is 23.5 Å². The number of thiazole rings is 1. The Morgan fingerprint density at radius 3 is 2.82 bits per heavy atom. The summed E-state index contributed by atoms with van der Waals surface area (Å²) in [5.41, 5.74) is 7.71. The molecule has 0 bridgehead atoms. The molecule has 3 N–H and O–H groups in total. The van der Waals surface area contributed by atoms with Gasteiger partial charge in [-0.2, -0.15) is 9.78 Å². The number of ether oxygens (including phenoxy) is 3. The second-order valence-electron chi connectivity index (χ2n) is 7.66. The van der Waals surface area contributed by atoms with Crippen LogP contribution in [0.2, 0.25) is 0 Å². The molecular formula is C23H21N5O5S. The number of nitrogens with zero attached hydrogens (tertiary/aromatic N) is 3. The molecule has 0 aliphatic carbocycles. The van der Waals surface area contributed by atoms with Crippen LogP contribution < -0.4 is 25.3 Å². The molecule has 1 aliphatic rings. The zero-order valence-corrected chi connectivity index (χ0v) is 19.2. The highest BCUT2D eigenvalue weighted by Gasteiger charge is 2.31. The van der Waals surface area contributed by atoms with Crippen molar-refractivity contribution < 1.29 is 23.8 Å². The molecule has 1 atom stereocenters. The number of primary amides is 1. The lowest BCUT2D eigenvalue weighted by atomic mass is 9.87. The van der Waals surface area contributed by atoms with E-state index in [-0.39, 0.29) is 24.9 Å². The van der Waals surface area contributed by atoms with Gasteiger partial charge in [-0.1, -0.05) is 17.4 Å². The van der Waals surface area contributed by atoms with Crippen LogP contribution in [-0.4, -0.2) is 47.4 Å². The quantitative estimate of drug-likeness (QED) is 0.417. The Morgan fingerprint density at radius 1 is 1.21 bits per heavy atom. The smallest absolute Gasteiger partial charge is 0.255 e. The zero-order chi connectivity index (χ0) is 23.8. The molecule has 10 nitrogen and oxygen atoms in total. The van der Waals surface area contributed by atoms with Gasteiger partial charge < -0.3 is 25.3 Å². The molecule has 34 heavy (non-hydrogen) atoms. The van der Waals surface area contributed by atoms with Crippen LogP contribution in [0.3, 0.4) is 0 Å². The highest BCUT2D eigenvalue weighted by atomic mass is 32.1. The monoisotopic (exact) mass is 479 g/mol. The number of rotatable bonds is 7. The van der Waals surface area contributed by atoms with E-state index in [0.717, 1.165) is 27.1 Å². The molecule has 2 aromatic heterocycles. The molecule has 0 spiro atoms. The molecule has 174 valence electrons. The van der Waals surface area contributed by atoms with Crippen molar-refractivity contribution in [3.63, 3.8) is 0 Å². The highest BCUT2D eigenvalue weighted by molar-refractivity contribution is 7.20. The number of anilines is 1. The molecule has 0 saturated carbocycles. The SMILES string of the molecule is COc1ccc2nc(-n3ncc4c3NC(=O)C[C@@H]4c3ccc(OCC(N)=O)c(OC)c3)sc2c1. The van der Waals surface area contributed by atoms with Crippen LogP contribution in [0.25, 0.3) is 15.3 Å². The van der Waals surface area contributed by atoms with Crippen LogP contribution in [0.4, 0.5) is 5.82 Å². The van der Waals surface area contributed by atoms with E-state index in [1.165, 1.54) is 18.4 Å². The second-order valence-corrected chi connectivity index (χ2v) is 8.67. The van der Waals surface area contributed by atoms with Crippen molar-refractivity contribution in [2.24, 2.45) is 5.73 Å². The van der Waals surface area contributed by atoms with E-state index in [0.29, 0.717) is 22.4 Å². The first-order valence-corrected chi connectivity index (χ1v) is 11.2. The van der Waals surface area contributed by atoms with Gasteiger partial charge in [-0.05, 0) is 35.9 Å². The van der Waals surface area contributed by atoms with Gasteiger partial charge >= 0.3 is 0 Å². The predicted octanol–water partition coefficient (Wildman–Crippen LogP) is 2.84. The fourth-order valence-corrected chi connectivity index (χ4v) is 4.90. The van der Waals surface area contributed by atoms with Crippen LogP contribution in [0.15, 0.2) is 42.6 Å². The van der Waals surface area contributed by atoms with Crippen molar-refractivity contribution >= 4 is 39.2 Å². The maximum absolute atomic E-state index is 12.7. The van der Waals surface area contributed by atoms with Crippen LogP contribution >= 0.6 is 11.3 Å². The number of carbonyl (C=O) groups excluding carboxylic acids is 2. The lowest BCUT2D eigenvalue weighted by Gasteiger charge is -2.24. The topological polar surface area (TPSA) is 131 Å². The molecule has 5 rings (SSSR count). The predicted molar refractivity (Wildman–Crippen MR) is 126 cm³/mol. The maximum Gasteiger partial charge on any atom is 0.255 e. The maximum atomic E-state index is 12.7. The van der Waals surface area contributed by atoms with E-state index < -0.39 is 5.91 Å². The number of hydrogen-bond acceptors (Lipinski definition) is 8. The Hall–Kier alpha value is -4.12. The van der Waals surface area contributed by atoms with E-state index in [2.05, 4.69) is 15.4 Å². The Balaban J connectivity index is 1.52. The number of amides is 2. The average Bonchev–Trinajstić information content (AvgIpc) is 3.45. The molecule has 0 saturated heterocycles. The van der Waals surface area contributed by atoms with E-state index in [4.69, 9.17) is 19.9 Å². The third kappa shape index (κ3) is 3.90. The molecule has 11 heteroatoms. The molecule has 0 fully saturated rings. The van der Waals surface area contributed by atoms with Crippen LogP contribution in [0.5, 0.6) is 17.2 Å². The van der Waals surface area contributed by atoms with Gasteiger partial charge in [0.25, 0.3) is 5.91 Å². The third-order valence-electron chi connectivity index (χ3n) is 5.55. The molecule has 4 aromatic rings. The summed E-state index contributed by atoms with van der Waals surface area (Å²) in [6.45, 7) is -0.257. The van der Waals surface area contributed by atoms with Gasteiger partial charge in [-0.3, -0.25) is 9.59 Å². The van der Waals surface area contributed by atoms with Gasteiger partial charge in [-0.15, -0.1) is 0 Å². The first-order chi connectivity index (χ1) is 16.5. The average molecular weight is 480 g/mol. The fraction of sp³-hybridized carbons (Fsp3) is 0.217. The fourth-order valence-electron chi connectivity index (χ4n) is 3.94. The third-order valence-corrected chi connectivity index (χ3v) is 6.54. The van der Waals surface area contributed by atoms with Crippen LogP contribution in [-0.2, 0) is 9.59 Å². The number of hydrogen-bond donors (Lipinski definition) is 2. The first-order valence-electron chi connectivity index (χ1n) is 10.4. The second kappa shape index (κ2) is 8.67. The van der Waals surface area contributed by atoms with E-state index in [9.17, 15) is 9.59 Å². The van der Waals surface area contributed by atoms with Crippen LogP contribution in [0, 0.1) is 0 Å².